The molecule has 0 aliphatic rings. The first-order valence-electron chi connectivity index (χ1n) is 4.01. The molecule has 1 aromatic heterocycles. The molecule has 6 nitrogen and oxygen atoms in total. The first-order valence-corrected chi connectivity index (χ1v) is 4.01. The lowest BCUT2D eigenvalue weighted by molar-refractivity contribution is -0.385. The summed E-state index contributed by atoms with van der Waals surface area (Å²) in [5, 5.41) is 19.3. The molecule has 0 unspecified atom stereocenters. The molecule has 0 atom stereocenters. The van der Waals surface area contributed by atoms with Crippen LogP contribution in [0.25, 0.3) is 0 Å². The summed E-state index contributed by atoms with van der Waals surface area (Å²) in [7, 11) is 0. The molecule has 0 radical (unpaired) electrons. The molecule has 1 heterocycles. The van der Waals surface area contributed by atoms with E-state index in [-0.39, 0.29) is 5.56 Å². The quantitative estimate of drug-likeness (QED) is 0.634. The number of nitro groups is 1. The van der Waals surface area contributed by atoms with Gasteiger partial charge in [0.25, 0.3) is 12.1 Å². The highest BCUT2D eigenvalue weighted by Crippen LogP contribution is 2.30. The third-order valence-electron chi connectivity index (χ3n) is 1.87. The van der Waals surface area contributed by atoms with Gasteiger partial charge in [0.15, 0.2) is 5.56 Å². The molecular weight excluding hydrogens is 226 g/mol. The maximum atomic E-state index is 12.4. The lowest BCUT2D eigenvalue weighted by atomic mass is 10.1. The largest absolute Gasteiger partial charge is 0.477 e. The van der Waals surface area contributed by atoms with E-state index in [1.165, 1.54) is 6.92 Å². The van der Waals surface area contributed by atoms with Crippen LogP contribution in [0.4, 0.5) is 14.5 Å². The van der Waals surface area contributed by atoms with Crippen molar-refractivity contribution in [2.24, 2.45) is 0 Å². The maximum absolute atomic E-state index is 12.4. The topological polar surface area (TPSA) is 93.3 Å². The van der Waals surface area contributed by atoms with Crippen LogP contribution in [0.1, 0.15) is 28.0 Å². The molecule has 16 heavy (non-hydrogen) atoms. The van der Waals surface area contributed by atoms with Crippen molar-refractivity contribution in [2.75, 3.05) is 0 Å². The molecule has 0 saturated carbocycles. The fourth-order valence-electron chi connectivity index (χ4n) is 1.22. The number of aromatic nitrogens is 1. The van der Waals surface area contributed by atoms with Crippen molar-refractivity contribution in [3.63, 3.8) is 0 Å². The van der Waals surface area contributed by atoms with E-state index in [9.17, 15) is 23.7 Å². The number of aromatic carboxylic acids is 1. The van der Waals surface area contributed by atoms with Crippen LogP contribution in [0.15, 0.2) is 6.20 Å². The number of carboxylic acids is 1. The van der Waals surface area contributed by atoms with Crippen LogP contribution in [-0.2, 0) is 0 Å². The van der Waals surface area contributed by atoms with Gasteiger partial charge in [-0.05, 0) is 6.92 Å². The normalized spacial score (nSPS) is 10.5. The molecule has 0 amide bonds. The number of pyridine rings is 1. The van der Waals surface area contributed by atoms with E-state index in [1.54, 1.807) is 0 Å². The van der Waals surface area contributed by atoms with Crippen molar-refractivity contribution in [1.82, 2.24) is 4.98 Å². The van der Waals surface area contributed by atoms with Crippen molar-refractivity contribution in [3.05, 3.63) is 33.1 Å². The first-order chi connectivity index (χ1) is 7.36. The Morgan fingerprint density at radius 2 is 2.19 bits per heavy atom. The van der Waals surface area contributed by atoms with Gasteiger partial charge in [-0.25, -0.2) is 13.6 Å². The van der Waals surface area contributed by atoms with Gasteiger partial charge in [-0.2, -0.15) is 0 Å². The minimum Gasteiger partial charge on any atom is -0.477 e. The molecule has 0 spiro atoms. The predicted octanol–water partition coefficient (Wildman–Crippen LogP) is 1.93. The highest BCUT2D eigenvalue weighted by Gasteiger charge is 2.31. The van der Waals surface area contributed by atoms with Crippen LogP contribution in [0.5, 0.6) is 0 Å². The van der Waals surface area contributed by atoms with Crippen molar-refractivity contribution < 1.29 is 23.6 Å². The van der Waals surface area contributed by atoms with E-state index in [0.29, 0.717) is 0 Å². The number of aryl methyl sites for hydroxylation is 1. The number of alkyl halides is 2. The maximum Gasteiger partial charge on any atom is 0.344 e. The van der Waals surface area contributed by atoms with Crippen LogP contribution >= 0.6 is 0 Å². The van der Waals surface area contributed by atoms with E-state index < -0.39 is 34.3 Å². The zero-order valence-corrected chi connectivity index (χ0v) is 7.98. The third-order valence-corrected chi connectivity index (χ3v) is 1.87. The van der Waals surface area contributed by atoms with E-state index in [2.05, 4.69) is 4.98 Å². The Bertz CT molecular complexity index is 462. The summed E-state index contributed by atoms with van der Waals surface area (Å²) >= 11 is 0. The van der Waals surface area contributed by atoms with Crippen LogP contribution in [-0.4, -0.2) is 21.0 Å². The van der Waals surface area contributed by atoms with Crippen molar-refractivity contribution in [2.45, 2.75) is 13.3 Å². The molecule has 1 aromatic rings. The lowest BCUT2D eigenvalue weighted by Crippen LogP contribution is -2.11. The Hall–Kier alpha value is -2.12. The number of carbonyl (C=O) groups is 1. The van der Waals surface area contributed by atoms with Crippen LogP contribution in [0.2, 0.25) is 0 Å². The SMILES string of the molecule is Cc1cnc(C(F)F)c(C(=O)O)c1[N+](=O)[O-]. The minimum absolute atomic E-state index is 0.0770. The molecule has 0 saturated heterocycles. The Balaban J connectivity index is 3.63. The van der Waals surface area contributed by atoms with Crippen molar-refractivity contribution in [1.29, 1.82) is 0 Å². The van der Waals surface area contributed by atoms with Crippen molar-refractivity contribution in [3.8, 4) is 0 Å². The lowest BCUT2D eigenvalue weighted by Gasteiger charge is -2.06. The van der Waals surface area contributed by atoms with E-state index in [0.717, 1.165) is 6.20 Å². The van der Waals surface area contributed by atoms with Gasteiger partial charge in [0.2, 0.25) is 0 Å². The van der Waals surface area contributed by atoms with Crippen LogP contribution in [0.3, 0.4) is 0 Å². The second kappa shape index (κ2) is 4.17. The summed E-state index contributed by atoms with van der Waals surface area (Å²) in [6.07, 6.45) is -2.32. The summed E-state index contributed by atoms with van der Waals surface area (Å²) < 4.78 is 24.8. The van der Waals surface area contributed by atoms with E-state index in [4.69, 9.17) is 5.11 Å². The van der Waals surface area contributed by atoms with Crippen LogP contribution in [0, 0.1) is 17.0 Å². The van der Waals surface area contributed by atoms with Gasteiger partial charge in [-0.3, -0.25) is 15.1 Å². The second-order valence-corrected chi connectivity index (χ2v) is 2.91. The van der Waals surface area contributed by atoms with Gasteiger partial charge < -0.3 is 5.11 Å². The fourth-order valence-corrected chi connectivity index (χ4v) is 1.22. The molecule has 0 aliphatic carbocycles. The molecule has 0 fully saturated rings. The molecule has 1 rings (SSSR count). The van der Waals surface area contributed by atoms with Gasteiger partial charge in [0, 0.05) is 11.8 Å². The molecule has 0 bridgehead atoms. The monoisotopic (exact) mass is 232 g/mol. The summed E-state index contributed by atoms with van der Waals surface area (Å²) in [4.78, 5) is 23.5. The number of hydrogen-bond donors (Lipinski definition) is 1. The smallest absolute Gasteiger partial charge is 0.344 e. The third kappa shape index (κ3) is 1.95. The molecule has 86 valence electrons. The Kier molecular flexibility index (Phi) is 3.11. The van der Waals surface area contributed by atoms with Gasteiger partial charge >= 0.3 is 5.97 Å². The summed E-state index contributed by atoms with van der Waals surface area (Å²) in [6, 6.07) is 0. The Morgan fingerprint density at radius 1 is 1.62 bits per heavy atom. The zero-order valence-electron chi connectivity index (χ0n) is 7.98. The van der Waals surface area contributed by atoms with Crippen LogP contribution < -0.4 is 0 Å². The molecule has 1 N–H and O–H groups in total. The van der Waals surface area contributed by atoms with Gasteiger partial charge in [0.05, 0.1) is 4.92 Å². The molecule has 0 aliphatic heterocycles. The zero-order chi connectivity index (χ0) is 12.5. The number of carboxylic acid groups (broad SMARTS) is 1. The number of hydrogen-bond acceptors (Lipinski definition) is 4. The highest BCUT2D eigenvalue weighted by atomic mass is 19.3. The first kappa shape index (κ1) is 12.0. The van der Waals surface area contributed by atoms with E-state index in [1.807, 2.05) is 0 Å². The number of nitrogens with zero attached hydrogens (tertiary/aromatic N) is 2. The average molecular weight is 232 g/mol. The minimum atomic E-state index is -3.18. The van der Waals surface area contributed by atoms with Gasteiger partial charge in [0.1, 0.15) is 5.69 Å². The molecule has 8 heteroatoms. The molecular formula is C8H6F2N2O4. The molecule has 0 aromatic carbocycles. The van der Waals surface area contributed by atoms with Gasteiger partial charge in [-0.1, -0.05) is 0 Å². The second-order valence-electron chi connectivity index (χ2n) is 2.91. The highest BCUT2D eigenvalue weighted by molar-refractivity contribution is 5.94. The summed E-state index contributed by atoms with van der Waals surface area (Å²) in [5.41, 5.74) is -3.07. The van der Waals surface area contributed by atoms with E-state index >= 15 is 0 Å². The number of halogens is 2. The fraction of sp³-hybridized carbons (Fsp3) is 0.250. The van der Waals surface area contributed by atoms with Crippen molar-refractivity contribution >= 4 is 11.7 Å². The standard InChI is InChI=1S/C8H6F2N2O4/c1-3-2-11-5(7(9)10)4(8(13)14)6(3)12(15)16/h2,7H,1H3,(H,13,14). The van der Waals surface area contributed by atoms with Gasteiger partial charge in [-0.15, -0.1) is 0 Å². The predicted molar refractivity (Wildman–Crippen MR) is 47.5 cm³/mol. The Labute approximate surface area is 87.7 Å². The Morgan fingerprint density at radius 3 is 2.56 bits per heavy atom. The summed E-state index contributed by atoms with van der Waals surface area (Å²) in [5.74, 6) is -1.79. The number of rotatable bonds is 3. The summed E-state index contributed by atoms with van der Waals surface area (Å²) in [6.45, 7) is 1.23. The average Bonchev–Trinajstić information content (AvgIpc) is 2.15.